The third-order valence-electron chi connectivity index (χ3n) is 3.68. The molecule has 0 aliphatic carbocycles. The minimum atomic E-state index is -0.501. The number of piperidine rings is 1. The van der Waals surface area contributed by atoms with Crippen molar-refractivity contribution in [2.45, 2.75) is 19.4 Å². The summed E-state index contributed by atoms with van der Waals surface area (Å²) in [4.78, 5) is 12.8. The molecule has 0 saturated carbocycles. The molecule has 2 atom stereocenters. The van der Waals surface area contributed by atoms with E-state index >= 15 is 0 Å². The highest BCUT2D eigenvalue weighted by Crippen LogP contribution is 2.32. The van der Waals surface area contributed by atoms with Crippen molar-refractivity contribution in [1.82, 2.24) is 4.90 Å². The third-order valence-corrected chi connectivity index (χ3v) is 4.29. The number of anilines is 1. The fourth-order valence-corrected chi connectivity index (χ4v) is 2.90. The molecule has 0 aromatic heterocycles. The Kier molecular flexibility index (Phi) is 4.59. The van der Waals surface area contributed by atoms with Crippen LogP contribution in [0.2, 0.25) is 0 Å². The van der Waals surface area contributed by atoms with Crippen LogP contribution in [0.3, 0.4) is 0 Å². The molecule has 1 aromatic rings. The summed E-state index contributed by atoms with van der Waals surface area (Å²) in [5, 5.41) is 14.2. The van der Waals surface area contributed by atoms with Crippen LogP contribution in [0, 0.1) is 21.8 Å². The van der Waals surface area contributed by atoms with E-state index in [-0.39, 0.29) is 21.9 Å². The molecule has 1 heterocycles. The first kappa shape index (κ1) is 15.2. The molecule has 2 rings (SSSR count). The maximum absolute atomic E-state index is 13.6. The maximum Gasteiger partial charge on any atom is 0.293 e. The Labute approximate surface area is 125 Å². The molecule has 0 amide bonds. The number of rotatable bonds is 3. The zero-order valence-corrected chi connectivity index (χ0v) is 13.0. The zero-order chi connectivity index (χ0) is 14.9. The number of hydrogen-bond acceptors (Lipinski definition) is 4. The molecule has 1 aliphatic rings. The average molecular weight is 346 g/mol. The second kappa shape index (κ2) is 6.05. The predicted molar refractivity (Wildman–Crippen MR) is 79.4 cm³/mol. The van der Waals surface area contributed by atoms with Crippen LogP contribution < -0.4 is 5.32 Å². The lowest BCUT2D eigenvalue weighted by atomic mass is 9.94. The highest BCUT2D eigenvalue weighted by atomic mass is 79.9. The Morgan fingerprint density at radius 2 is 2.25 bits per heavy atom. The van der Waals surface area contributed by atoms with Gasteiger partial charge in [-0.1, -0.05) is 6.92 Å². The molecule has 1 aliphatic heterocycles. The van der Waals surface area contributed by atoms with Crippen molar-refractivity contribution >= 4 is 27.3 Å². The first-order valence-electron chi connectivity index (χ1n) is 6.47. The number of nitrogens with one attached hydrogen (secondary N) is 1. The van der Waals surface area contributed by atoms with Gasteiger partial charge < -0.3 is 10.2 Å². The van der Waals surface area contributed by atoms with Gasteiger partial charge in [0.25, 0.3) is 5.69 Å². The van der Waals surface area contributed by atoms with Crippen molar-refractivity contribution in [3.63, 3.8) is 0 Å². The van der Waals surface area contributed by atoms with Crippen molar-refractivity contribution in [3.05, 3.63) is 32.5 Å². The molecule has 1 saturated heterocycles. The second-order valence-electron chi connectivity index (χ2n) is 5.32. The van der Waals surface area contributed by atoms with Crippen LogP contribution in [0.1, 0.15) is 13.3 Å². The van der Waals surface area contributed by atoms with Gasteiger partial charge in [0, 0.05) is 24.7 Å². The van der Waals surface area contributed by atoms with Gasteiger partial charge in [-0.05, 0) is 41.9 Å². The van der Waals surface area contributed by atoms with Crippen LogP contribution in [-0.4, -0.2) is 36.0 Å². The minimum absolute atomic E-state index is 0.103. The molecular weight excluding hydrogens is 329 g/mol. The molecular formula is C13H17BrFN3O2. The maximum atomic E-state index is 13.6. The molecule has 0 radical (unpaired) electrons. The molecule has 0 bridgehead atoms. The number of nitro benzene ring substituents is 1. The van der Waals surface area contributed by atoms with Gasteiger partial charge in [0.05, 0.1) is 9.40 Å². The highest BCUT2D eigenvalue weighted by Gasteiger charge is 2.27. The SMILES string of the molecule is CC1CN(C)CCC1Nc1cc(F)c(Br)cc1[N+](=O)[O-]. The van der Waals surface area contributed by atoms with Gasteiger partial charge in [-0.15, -0.1) is 0 Å². The summed E-state index contributed by atoms with van der Waals surface area (Å²) >= 11 is 2.98. The number of hydrogen-bond donors (Lipinski definition) is 1. The normalized spacial score (nSPS) is 23.6. The van der Waals surface area contributed by atoms with Gasteiger partial charge in [0.15, 0.2) is 0 Å². The molecule has 1 aromatic carbocycles. The Balaban J connectivity index is 2.24. The average Bonchev–Trinajstić information content (AvgIpc) is 2.36. The Hall–Kier alpha value is -1.21. The van der Waals surface area contributed by atoms with E-state index in [1.165, 1.54) is 12.1 Å². The van der Waals surface area contributed by atoms with E-state index in [2.05, 4.69) is 40.1 Å². The standard InChI is InChI=1S/C13H17BrFN3O2/c1-8-7-17(2)4-3-11(8)16-12-6-10(15)9(14)5-13(12)18(19)20/h5-6,8,11,16H,3-4,7H2,1-2H3. The number of benzene rings is 1. The van der Waals surface area contributed by atoms with Gasteiger partial charge in [0.1, 0.15) is 11.5 Å². The lowest BCUT2D eigenvalue weighted by Gasteiger charge is -2.35. The van der Waals surface area contributed by atoms with Crippen LogP contribution in [0.25, 0.3) is 0 Å². The van der Waals surface area contributed by atoms with Gasteiger partial charge in [0.2, 0.25) is 0 Å². The van der Waals surface area contributed by atoms with Crippen molar-refractivity contribution < 1.29 is 9.31 Å². The molecule has 20 heavy (non-hydrogen) atoms. The third kappa shape index (κ3) is 3.27. The van der Waals surface area contributed by atoms with Gasteiger partial charge in [-0.2, -0.15) is 0 Å². The smallest absolute Gasteiger partial charge is 0.293 e. The Morgan fingerprint density at radius 3 is 2.85 bits per heavy atom. The highest BCUT2D eigenvalue weighted by molar-refractivity contribution is 9.10. The Bertz CT molecular complexity index is 527. The summed E-state index contributed by atoms with van der Waals surface area (Å²) < 4.78 is 13.7. The molecule has 2 unspecified atom stereocenters. The number of halogens is 2. The summed E-state index contributed by atoms with van der Waals surface area (Å²) in [6.07, 6.45) is 0.881. The number of nitrogens with zero attached hydrogens (tertiary/aromatic N) is 2. The van der Waals surface area contributed by atoms with E-state index in [1.807, 2.05) is 0 Å². The van der Waals surface area contributed by atoms with Crippen LogP contribution in [0.15, 0.2) is 16.6 Å². The fourth-order valence-electron chi connectivity index (χ4n) is 2.57. The summed E-state index contributed by atoms with van der Waals surface area (Å²) in [6.45, 7) is 3.94. The lowest BCUT2D eigenvalue weighted by Crippen LogP contribution is -2.43. The van der Waals surface area contributed by atoms with Gasteiger partial charge in [-0.3, -0.25) is 10.1 Å². The fraction of sp³-hybridized carbons (Fsp3) is 0.538. The van der Waals surface area contributed by atoms with Crippen molar-refractivity contribution in [2.24, 2.45) is 5.92 Å². The topological polar surface area (TPSA) is 58.4 Å². The first-order chi connectivity index (χ1) is 9.38. The molecule has 0 spiro atoms. The van der Waals surface area contributed by atoms with Crippen LogP contribution in [0.4, 0.5) is 15.8 Å². The second-order valence-corrected chi connectivity index (χ2v) is 6.17. The predicted octanol–water partition coefficient (Wildman–Crippen LogP) is 3.25. The van der Waals surface area contributed by atoms with Crippen LogP contribution >= 0.6 is 15.9 Å². The van der Waals surface area contributed by atoms with Crippen molar-refractivity contribution in [1.29, 1.82) is 0 Å². The van der Waals surface area contributed by atoms with E-state index in [4.69, 9.17) is 0 Å². The molecule has 5 nitrogen and oxygen atoms in total. The Morgan fingerprint density at radius 1 is 1.55 bits per heavy atom. The zero-order valence-electron chi connectivity index (χ0n) is 11.4. The quantitative estimate of drug-likeness (QED) is 0.674. The van der Waals surface area contributed by atoms with E-state index < -0.39 is 10.7 Å². The van der Waals surface area contributed by atoms with Gasteiger partial charge in [-0.25, -0.2) is 4.39 Å². The number of likely N-dealkylation sites (tertiary alicyclic amines) is 1. The van der Waals surface area contributed by atoms with E-state index in [1.54, 1.807) is 0 Å². The van der Waals surface area contributed by atoms with Crippen molar-refractivity contribution in [3.8, 4) is 0 Å². The largest absolute Gasteiger partial charge is 0.376 e. The van der Waals surface area contributed by atoms with E-state index in [0.29, 0.717) is 5.92 Å². The monoisotopic (exact) mass is 345 g/mol. The van der Waals surface area contributed by atoms with Crippen LogP contribution in [0.5, 0.6) is 0 Å². The van der Waals surface area contributed by atoms with Gasteiger partial charge >= 0.3 is 0 Å². The lowest BCUT2D eigenvalue weighted by molar-refractivity contribution is -0.384. The molecule has 110 valence electrons. The van der Waals surface area contributed by atoms with E-state index in [0.717, 1.165) is 19.5 Å². The van der Waals surface area contributed by atoms with Crippen LogP contribution in [-0.2, 0) is 0 Å². The summed E-state index contributed by atoms with van der Waals surface area (Å²) in [7, 11) is 2.05. The summed E-state index contributed by atoms with van der Waals surface area (Å²) in [5.41, 5.74) is 0.140. The summed E-state index contributed by atoms with van der Waals surface area (Å²) in [5.74, 6) is -0.154. The first-order valence-corrected chi connectivity index (χ1v) is 7.26. The van der Waals surface area contributed by atoms with Crippen molar-refractivity contribution in [2.75, 3.05) is 25.5 Å². The summed E-state index contributed by atoms with van der Waals surface area (Å²) in [6, 6.07) is 2.51. The van der Waals surface area contributed by atoms with E-state index in [9.17, 15) is 14.5 Å². The number of nitro groups is 1. The molecule has 7 heteroatoms. The molecule has 1 N–H and O–H groups in total. The minimum Gasteiger partial charge on any atom is -0.376 e. The molecule has 1 fully saturated rings.